The molecule has 0 aromatic heterocycles. The number of ether oxygens (including phenoxy) is 1. The Morgan fingerprint density at radius 1 is 1.00 bits per heavy atom. The zero-order chi connectivity index (χ0) is 14.2. The van der Waals surface area contributed by atoms with Crippen molar-refractivity contribution in [3.8, 4) is 0 Å². The van der Waals surface area contributed by atoms with Crippen molar-refractivity contribution < 1.29 is 9.53 Å². The second-order valence-corrected chi connectivity index (χ2v) is 6.48. The molecular formula is C17H31NO2. The second kappa shape index (κ2) is 8.66. The molecule has 1 unspecified atom stereocenters. The van der Waals surface area contributed by atoms with Crippen molar-refractivity contribution in [2.75, 3.05) is 6.61 Å². The van der Waals surface area contributed by atoms with Crippen molar-refractivity contribution in [2.45, 2.75) is 89.6 Å². The lowest BCUT2D eigenvalue weighted by Crippen LogP contribution is -2.49. The van der Waals surface area contributed by atoms with Crippen LogP contribution in [-0.2, 0) is 9.53 Å². The normalized spacial score (nSPS) is 24.1. The second-order valence-electron chi connectivity index (χ2n) is 6.48. The minimum atomic E-state index is -0.0591. The largest absolute Gasteiger partial charge is 0.465 e. The Labute approximate surface area is 123 Å². The summed E-state index contributed by atoms with van der Waals surface area (Å²) in [6.07, 6.45) is 14.0. The van der Waals surface area contributed by atoms with Gasteiger partial charge in [0.2, 0.25) is 0 Å². The smallest absolute Gasteiger partial charge is 0.323 e. The summed E-state index contributed by atoms with van der Waals surface area (Å²) < 4.78 is 5.34. The number of carbonyl (C=O) groups excluding carboxylic acids is 1. The quantitative estimate of drug-likeness (QED) is 0.615. The zero-order valence-electron chi connectivity index (χ0n) is 13.0. The van der Waals surface area contributed by atoms with Gasteiger partial charge in [0.15, 0.2) is 0 Å². The first-order valence-electron chi connectivity index (χ1n) is 8.74. The molecule has 0 aromatic rings. The fourth-order valence-electron chi connectivity index (χ4n) is 3.80. The summed E-state index contributed by atoms with van der Waals surface area (Å²) in [5, 5.41) is 3.66. The predicted octanol–water partition coefficient (Wildman–Crippen LogP) is 3.81. The van der Waals surface area contributed by atoms with E-state index in [1.165, 1.54) is 70.6 Å². The molecule has 0 bridgehead atoms. The third-order valence-corrected chi connectivity index (χ3v) is 4.93. The van der Waals surface area contributed by atoms with Crippen LogP contribution in [0.5, 0.6) is 0 Å². The lowest BCUT2D eigenvalue weighted by molar-refractivity contribution is -0.147. The van der Waals surface area contributed by atoms with Crippen molar-refractivity contribution in [2.24, 2.45) is 5.92 Å². The zero-order valence-corrected chi connectivity index (χ0v) is 13.0. The molecule has 3 heteroatoms. The molecule has 2 saturated carbocycles. The molecule has 20 heavy (non-hydrogen) atoms. The van der Waals surface area contributed by atoms with Crippen LogP contribution in [0.15, 0.2) is 0 Å². The Hall–Kier alpha value is -0.570. The van der Waals surface area contributed by atoms with Crippen LogP contribution in [0.1, 0.15) is 77.6 Å². The lowest BCUT2D eigenvalue weighted by Gasteiger charge is -2.31. The van der Waals surface area contributed by atoms with Crippen LogP contribution < -0.4 is 5.32 Å². The Balaban J connectivity index is 1.96. The maximum atomic E-state index is 12.3. The van der Waals surface area contributed by atoms with E-state index in [0.29, 0.717) is 18.6 Å². The van der Waals surface area contributed by atoms with E-state index in [1.807, 2.05) is 6.92 Å². The fourth-order valence-corrected chi connectivity index (χ4v) is 3.80. The Bertz CT molecular complexity index is 279. The van der Waals surface area contributed by atoms with E-state index in [1.54, 1.807) is 0 Å². The topological polar surface area (TPSA) is 38.3 Å². The van der Waals surface area contributed by atoms with Crippen molar-refractivity contribution in [1.29, 1.82) is 0 Å². The molecule has 116 valence electrons. The van der Waals surface area contributed by atoms with Crippen molar-refractivity contribution in [3.63, 3.8) is 0 Å². The van der Waals surface area contributed by atoms with E-state index >= 15 is 0 Å². The minimum absolute atomic E-state index is 0.00928. The van der Waals surface area contributed by atoms with E-state index in [0.717, 1.165) is 0 Å². The SMILES string of the molecule is CCOC(=O)C(NC1CCCCC1)C1CCCCCC1. The van der Waals surface area contributed by atoms with Gasteiger partial charge in [-0.15, -0.1) is 0 Å². The van der Waals surface area contributed by atoms with Gasteiger partial charge in [0.1, 0.15) is 6.04 Å². The summed E-state index contributed by atoms with van der Waals surface area (Å²) in [5.74, 6) is 0.475. The van der Waals surface area contributed by atoms with Gasteiger partial charge in [-0.25, -0.2) is 0 Å². The monoisotopic (exact) mass is 281 g/mol. The van der Waals surface area contributed by atoms with Gasteiger partial charge in [-0.05, 0) is 38.5 Å². The third-order valence-electron chi connectivity index (χ3n) is 4.93. The molecule has 2 fully saturated rings. The first kappa shape index (κ1) is 15.8. The minimum Gasteiger partial charge on any atom is -0.465 e. The number of esters is 1. The van der Waals surface area contributed by atoms with Gasteiger partial charge in [0, 0.05) is 6.04 Å². The van der Waals surface area contributed by atoms with Gasteiger partial charge >= 0.3 is 5.97 Å². The number of hydrogen-bond donors (Lipinski definition) is 1. The summed E-state index contributed by atoms with van der Waals surface area (Å²) in [4.78, 5) is 12.3. The molecule has 0 aliphatic heterocycles. The third kappa shape index (κ3) is 4.76. The van der Waals surface area contributed by atoms with Crippen LogP contribution in [0.2, 0.25) is 0 Å². The lowest BCUT2D eigenvalue weighted by atomic mass is 9.89. The summed E-state index contributed by atoms with van der Waals surface area (Å²) in [6, 6.07) is 0.470. The van der Waals surface area contributed by atoms with Gasteiger partial charge in [-0.3, -0.25) is 4.79 Å². The van der Waals surface area contributed by atoms with Gasteiger partial charge in [0.25, 0.3) is 0 Å². The molecule has 0 amide bonds. The molecule has 3 nitrogen and oxygen atoms in total. The van der Waals surface area contributed by atoms with Crippen LogP contribution in [0.4, 0.5) is 0 Å². The van der Waals surface area contributed by atoms with Gasteiger partial charge < -0.3 is 10.1 Å². The highest BCUT2D eigenvalue weighted by atomic mass is 16.5. The van der Waals surface area contributed by atoms with Crippen LogP contribution in [0.25, 0.3) is 0 Å². The number of hydrogen-bond acceptors (Lipinski definition) is 3. The predicted molar refractivity (Wildman–Crippen MR) is 81.6 cm³/mol. The fraction of sp³-hybridized carbons (Fsp3) is 0.941. The van der Waals surface area contributed by atoms with E-state index < -0.39 is 0 Å². The number of nitrogens with one attached hydrogen (secondary N) is 1. The van der Waals surface area contributed by atoms with Gasteiger partial charge in [0.05, 0.1) is 6.61 Å². The highest BCUT2D eigenvalue weighted by molar-refractivity contribution is 5.76. The number of carbonyl (C=O) groups is 1. The molecule has 0 spiro atoms. The van der Waals surface area contributed by atoms with Crippen LogP contribution in [0.3, 0.4) is 0 Å². The van der Waals surface area contributed by atoms with E-state index in [9.17, 15) is 4.79 Å². The molecule has 0 radical (unpaired) electrons. The maximum Gasteiger partial charge on any atom is 0.323 e. The average Bonchev–Trinajstić information content (AvgIpc) is 2.75. The Morgan fingerprint density at radius 3 is 2.15 bits per heavy atom. The first-order chi connectivity index (χ1) is 9.81. The number of rotatable bonds is 5. The Kier molecular flexibility index (Phi) is 6.85. The summed E-state index contributed by atoms with van der Waals surface area (Å²) in [6.45, 7) is 2.40. The highest BCUT2D eigenvalue weighted by Gasteiger charge is 2.32. The maximum absolute atomic E-state index is 12.3. The molecule has 1 atom stereocenters. The van der Waals surface area contributed by atoms with E-state index in [-0.39, 0.29) is 12.0 Å². The van der Waals surface area contributed by atoms with Crippen LogP contribution in [0, 0.1) is 5.92 Å². The molecule has 2 aliphatic carbocycles. The standard InChI is InChI=1S/C17H31NO2/c1-2-20-17(19)16(14-10-6-3-4-7-11-14)18-15-12-8-5-9-13-15/h14-16,18H,2-13H2,1H3. The Morgan fingerprint density at radius 2 is 1.55 bits per heavy atom. The summed E-state index contributed by atoms with van der Waals surface area (Å²) in [7, 11) is 0. The summed E-state index contributed by atoms with van der Waals surface area (Å²) in [5.41, 5.74) is 0. The average molecular weight is 281 g/mol. The molecule has 0 aromatic carbocycles. The van der Waals surface area contributed by atoms with Crippen LogP contribution in [-0.4, -0.2) is 24.7 Å². The van der Waals surface area contributed by atoms with E-state index in [2.05, 4.69) is 5.32 Å². The molecule has 2 aliphatic rings. The molecule has 0 heterocycles. The molecule has 0 saturated heterocycles. The van der Waals surface area contributed by atoms with E-state index in [4.69, 9.17) is 4.74 Å². The molecular weight excluding hydrogens is 250 g/mol. The molecule has 2 rings (SSSR count). The first-order valence-corrected chi connectivity index (χ1v) is 8.74. The van der Waals surface area contributed by atoms with Crippen molar-refractivity contribution >= 4 is 5.97 Å². The highest BCUT2D eigenvalue weighted by Crippen LogP contribution is 2.28. The summed E-state index contributed by atoms with van der Waals surface area (Å²) >= 11 is 0. The van der Waals surface area contributed by atoms with Crippen LogP contribution >= 0.6 is 0 Å². The van der Waals surface area contributed by atoms with Gasteiger partial charge in [-0.2, -0.15) is 0 Å². The van der Waals surface area contributed by atoms with Gasteiger partial charge in [-0.1, -0.05) is 44.9 Å². The van der Waals surface area contributed by atoms with Crippen molar-refractivity contribution in [1.82, 2.24) is 5.32 Å². The van der Waals surface area contributed by atoms with Crippen molar-refractivity contribution in [3.05, 3.63) is 0 Å². The molecule has 1 N–H and O–H groups in total.